The Bertz CT molecular complexity index is 668. The van der Waals surface area contributed by atoms with Crippen molar-refractivity contribution in [3.8, 4) is 11.4 Å². The molecule has 3 heterocycles. The van der Waals surface area contributed by atoms with Crippen molar-refractivity contribution in [2.45, 2.75) is 0 Å². The van der Waals surface area contributed by atoms with Crippen LogP contribution in [-0.4, -0.2) is 29.5 Å². The van der Waals surface area contributed by atoms with Crippen LogP contribution < -0.4 is 11.5 Å². The van der Waals surface area contributed by atoms with E-state index in [-0.39, 0.29) is 11.9 Å². The fourth-order valence-corrected chi connectivity index (χ4v) is 1.54. The van der Waals surface area contributed by atoms with Gasteiger partial charge in [0.1, 0.15) is 0 Å². The maximum atomic E-state index is 5.52. The Morgan fingerprint density at radius 3 is 2.53 bits per heavy atom. The molecule has 0 bridgehead atoms. The Labute approximate surface area is 95.4 Å². The summed E-state index contributed by atoms with van der Waals surface area (Å²) >= 11 is 0. The third-order valence-electron chi connectivity index (χ3n) is 2.24. The molecule has 3 aromatic rings. The van der Waals surface area contributed by atoms with E-state index < -0.39 is 0 Å². The summed E-state index contributed by atoms with van der Waals surface area (Å²) in [5.74, 6) is 0.546. The van der Waals surface area contributed by atoms with E-state index in [9.17, 15) is 0 Å². The van der Waals surface area contributed by atoms with Crippen molar-refractivity contribution in [1.82, 2.24) is 29.5 Å². The van der Waals surface area contributed by atoms with Crippen molar-refractivity contribution in [3.05, 3.63) is 24.8 Å². The quantitative estimate of drug-likeness (QED) is 0.588. The van der Waals surface area contributed by atoms with Crippen molar-refractivity contribution in [3.63, 3.8) is 0 Å². The van der Waals surface area contributed by atoms with Gasteiger partial charge in [0.2, 0.25) is 11.9 Å². The zero-order chi connectivity index (χ0) is 11.8. The molecule has 0 spiro atoms. The third kappa shape index (κ3) is 1.51. The van der Waals surface area contributed by atoms with Crippen molar-refractivity contribution in [2.24, 2.45) is 0 Å². The molecular weight excluding hydrogens is 220 g/mol. The molecule has 0 aliphatic rings. The van der Waals surface area contributed by atoms with E-state index >= 15 is 0 Å². The zero-order valence-corrected chi connectivity index (χ0v) is 8.65. The zero-order valence-electron chi connectivity index (χ0n) is 8.65. The molecule has 8 nitrogen and oxygen atoms in total. The summed E-state index contributed by atoms with van der Waals surface area (Å²) in [5.41, 5.74) is 12.5. The summed E-state index contributed by atoms with van der Waals surface area (Å²) in [7, 11) is 0. The predicted octanol–water partition coefficient (Wildman–Crippen LogP) is -0.254. The highest BCUT2D eigenvalue weighted by atomic mass is 15.2. The second kappa shape index (κ2) is 3.37. The van der Waals surface area contributed by atoms with Crippen LogP contribution >= 0.6 is 0 Å². The molecular formula is C9H8N8. The molecule has 0 amide bonds. The first-order valence-corrected chi connectivity index (χ1v) is 4.79. The first-order chi connectivity index (χ1) is 8.24. The van der Waals surface area contributed by atoms with Gasteiger partial charge in [-0.25, -0.2) is 4.52 Å². The molecule has 3 aromatic heterocycles. The number of hydrogen-bond donors (Lipinski definition) is 2. The third-order valence-corrected chi connectivity index (χ3v) is 2.24. The minimum absolute atomic E-state index is 0.0794. The number of aromatic nitrogens is 6. The Kier molecular flexibility index (Phi) is 1.87. The summed E-state index contributed by atoms with van der Waals surface area (Å²) in [6, 6.07) is 0. The van der Waals surface area contributed by atoms with Gasteiger partial charge in [0.25, 0.3) is 0 Å². The SMILES string of the molecule is Nc1nc(N)nc(-c2cnn3ccncc23)n1. The molecule has 3 rings (SSSR count). The van der Waals surface area contributed by atoms with Gasteiger partial charge in [-0.1, -0.05) is 0 Å². The molecule has 0 atom stereocenters. The van der Waals surface area contributed by atoms with E-state index in [1.54, 1.807) is 29.3 Å². The molecule has 0 aromatic carbocycles. The second-order valence-electron chi connectivity index (χ2n) is 3.34. The van der Waals surface area contributed by atoms with Crippen LogP contribution in [-0.2, 0) is 0 Å². The van der Waals surface area contributed by atoms with E-state index in [0.717, 1.165) is 5.52 Å². The van der Waals surface area contributed by atoms with Gasteiger partial charge in [0, 0.05) is 12.4 Å². The summed E-state index contributed by atoms with van der Waals surface area (Å²) in [5, 5.41) is 4.15. The summed E-state index contributed by atoms with van der Waals surface area (Å²) in [6.45, 7) is 0. The molecule has 0 saturated carbocycles. The minimum atomic E-state index is 0.0794. The first-order valence-electron chi connectivity index (χ1n) is 4.79. The molecule has 0 fully saturated rings. The van der Waals surface area contributed by atoms with Gasteiger partial charge in [-0.15, -0.1) is 0 Å². The van der Waals surface area contributed by atoms with Crippen LogP contribution in [0.15, 0.2) is 24.8 Å². The topological polar surface area (TPSA) is 121 Å². The summed E-state index contributed by atoms with van der Waals surface area (Å²) in [4.78, 5) is 15.8. The molecule has 0 radical (unpaired) electrons. The second-order valence-corrected chi connectivity index (χ2v) is 3.34. The van der Waals surface area contributed by atoms with Crippen LogP contribution in [0.1, 0.15) is 0 Å². The van der Waals surface area contributed by atoms with Gasteiger partial charge in [-0.3, -0.25) is 4.98 Å². The molecule has 0 unspecified atom stereocenters. The van der Waals surface area contributed by atoms with Gasteiger partial charge in [0.05, 0.1) is 23.5 Å². The van der Waals surface area contributed by atoms with Crippen LogP contribution in [0.25, 0.3) is 16.9 Å². The number of rotatable bonds is 1. The monoisotopic (exact) mass is 228 g/mol. The fourth-order valence-electron chi connectivity index (χ4n) is 1.54. The lowest BCUT2D eigenvalue weighted by atomic mass is 10.3. The summed E-state index contributed by atoms with van der Waals surface area (Å²) < 4.78 is 1.67. The number of fused-ring (bicyclic) bond motifs is 1. The molecule has 4 N–H and O–H groups in total. The van der Waals surface area contributed by atoms with Gasteiger partial charge in [-0.05, 0) is 0 Å². The Balaban J connectivity index is 2.27. The Morgan fingerprint density at radius 2 is 1.76 bits per heavy atom. The Hall–Kier alpha value is -2.77. The number of nitrogens with two attached hydrogens (primary N) is 2. The molecule has 84 valence electrons. The van der Waals surface area contributed by atoms with Crippen LogP contribution in [0.5, 0.6) is 0 Å². The van der Waals surface area contributed by atoms with Gasteiger partial charge >= 0.3 is 0 Å². The molecule has 17 heavy (non-hydrogen) atoms. The van der Waals surface area contributed by atoms with Gasteiger partial charge in [-0.2, -0.15) is 20.1 Å². The molecule has 0 aliphatic carbocycles. The van der Waals surface area contributed by atoms with E-state index in [1.165, 1.54) is 0 Å². The summed E-state index contributed by atoms with van der Waals surface area (Å²) in [6.07, 6.45) is 6.66. The fraction of sp³-hybridized carbons (Fsp3) is 0. The van der Waals surface area contributed by atoms with Crippen LogP contribution in [0, 0.1) is 0 Å². The van der Waals surface area contributed by atoms with Gasteiger partial charge < -0.3 is 11.5 Å². The van der Waals surface area contributed by atoms with E-state index in [4.69, 9.17) is 11.5 Å². The lowest BCUT2D eigenvalue weighted by molar-refractivity contribution is 0.946. The van der Waals surface area contributed by atoms with Crippen molar-refractivity contribution < 1.29 is 0 Å². The van der Waals surface area contributed by atoms with Crippen molar-refractivity contribution in [2.75, 3.05) is 11.5 Å². The maximum absolute atomic E-state index is 5.52. The van der Waals surface area contributed by atoms with Crippen molar-refractivity contribution in [1.29, 1.82) is 0 Å². The Morgan fingerprint density at radius 1 is 1.00 bits per heavy atom. The highest BCUT2D eigenvalue weighted by molar-refractivity contribution is 5.75. The van der Waals surface area contributed by atoms with E-state index in [1.807, 2.05) is 0 Å². The largest absolute Gasteiger partial charge is 0.368 e. The predicted molar refractivity (Wildman–Crippen MR) is 60.6 cm³/mol. The maximum Gasteiger partial charge on any atom is 0.225 e. The smallest absolute Gasteiger partial charge is 0.225 e. The van der Waals surface area contributed by atoms with Crippen LogP contribution in [0.3, 0.4) is 0 Å². The number of nitrogens with zero attached hydrogens (tertiary/aromatic N) is 6. The number of nitrogen functional groups attached to an aromatic ring is 2. The number of anilines is 2. The van der Waals surface area contributed by atoms with Crippen LogP contribution in [0.2, 0.25) is 0 Å². The lowest BCUT2D eigenvalue weighted by Crippen LogP contribution is -2.04. The van der Waals surface area contributed by atoms with E-state index in [0.29, 0.717) is 11.4 Å². The minimum Gasteiger partial charge on any atom is -0.368 e. The molecule has 8 heteroatoms. The molecule has 0 saturated heterocycles. The average Bonchev–Trinajstić information content (AvgIpc) is 2.71. The van der Waals surface area contributed by atoms with Gasteiger partial charge in [0.15, 0.2) is 5.82 Å². The number of hydrogen-bond acceptors (Lipinski definition) is 7. The van der Waals surface area contributed by atoms with Crippen LogP contribution in [0.4, 0.5) is 11.9 Å². The standard InChI is InChI=1S/C9H8N8/c10-8-14-7(15-9(11)16-8)5-3-13-17-2-1-12-4-6(5)17/h1-4H,(H4,10,11,14,15,16). The molecule has 0 aliphatic heterocycles. The van der Waals surface area contributed by atoms with E-state index in [2.05, 4.69) is 25.0 Å². The first kappa shape index (κ1) is 9.46. The lowest BCUT2D eigenvalue weighted by Gasteiger charge is -1.99. The highest BCUT2D eigenvalue weighted by Crippen LogP contribution is 2.20. The average molecular weight is 228 g/mol. The highest BCUT2D eigenvalue weighted by Gasteiger charge is 2.11. The normalized spacial score (nSPS) is 10.8. The van der Waals surface area contributed by atoms with Crippen molar-refractivity contribution >= 4 is 17.4 Å².